The summed E-state index contributed by atoms with van der Waals surface area (Å²) in [5.74, 6) is 1.41. The molecule has 0 saturated carbocycles. The summed E-state index contributed by atoms with van der Waals surface area (Å²) in [5.41, 5.74) is 0. The third-order valence-corrected chi connectivity index (χ3v) is 5.24. The molecule has 1 fully saturated rings. The van der Waals surface area contributed by atoms with Crippen molar-refractivity contribution in [2.75, 3.05) is 44.2 Å². The Labute approximate surface area is 154 Å². The van der Waals surface area contributed by atoms with Crippen LogP contribution in [0.4, 0.5) is 11.6 Å². The Balaban J connectivity index is 1.34. The molecule has 1 aliphatic heterocycles. The molecule has 0 atom stereocenters. The molecule has 0 bridgehead atoms. The summed E-state index contributed by atoms with van der Waals surface area (Å²) < 4.78 is 7.30. The Bertz CT molecular complexity index is 886. The molecular formula is C17H19N5O3S. The van der Waals surface area contributed by atoms with Crippen molar-refractivity contribution in [3.8, 4) is 5.75 Å². The van der Waals surface area contributed by atoms with E-state index in [1.807, 2.05) is 40.6 Å². The lowest BCUT2D eigenvalue weighted by Gasteiger charge is -2.34. The SMILES string of the molecule is O=[N+]([O-])c1c(N2CCN(CCOc3ccccc3)CC2)nc2sccn12. The van der Waals surface area contributed by atoms with Gasteiger partial charge in [-0.05, 0) is 17.1 Å². The molecule has 1 aromatic carbocycles. The number of thiazole rings is 1. The number of hydrogen-bond donors (Lipinski definition) is 0. The van der Waals surface area contributed by atoms with Crippen LogP contribution in [0.3, 0.4) is 0 Å². The Kier molecular flexibility index (Phi) is 4.72. The molecule has 0 aliphatic carbocycles. The van der Waals surface area contributed by atoms with Gasteiger partial charge in [0.15, 0.2) is 0 Å². The fraction of sp³-hybridized carbons (Fsp3) is 0.353. The van der Waals surface area contributed by atoms with E-state index in [0.29, 0.717) is 17.4 Å². The predicted octanol–water partition coefficient (Wildman–Crippen LogP) is 2.51. The molecule has 0 N–H and O–H groups in total. The van der Waals surface area contributed by atoms with Crippen molar-refractivity contribution < 1.29 is 9.66 Å². The van der Waals surface area contributed by atoms with E-state index in [1.54, 1.807) is 10.6 Å². The number of fused-ring (bicyclic) bond motifs is 1. The molecule has 9 heteroatoms. The number of aromatic nitrogens is 2. The van der Waals surface area contributed by atoms with Gasteiger partial charge in [-0.1, -0.05) is 29.5 Å². The second-order valence-electron chi connectivity index (χ2n) is 6.06. The third-order valence-electron chi connectivity index (χ3n) is 4.48. The van der Waals surface area contributed by atoms with E-state index in [4.69, 9.17) is 4.74 Å². The standard InChI is InChI=1S/C17H19N5O3S/c23-22(24)16-15(18-17-21(16)11-13-26-17)20-8-6-19(7-9-20)10-12-25-14-4-2-1-3-5-14/h1-5,11,13H,6-10,12H2. The van der Waals surface area contributed by atoms with E-state index in [-0.39, 0.29) is 10.7 Å². The van der Waals surface area contributed by atoms with Gasteiger partial charge in [-0.15, -0.1) is 0 Å². The van der Waals surface area contributed by atoms with Gasteiger partial charge >= 0.3 is 5.82 Å². The molecule has 2 aromatic heterocycles. The summed E-state index contributed by atoms with van der Waals surface area (Å²) in [6, 6.07) is 9.77. The Hall–Kier alpha value is -2.65. The van der Waals surface area contributed by atoms with Gasteiger partial charge in [0.2, 0.25) is 5.82 Å². The van der Waals surface area contributed by atoms with Crippen molar-refractivity contribution >= 4 is 27.9 Å². The van der Waals surface area contributed by atoms with Crippen LogP contribution in [-0.4, -0.2) is 58.5 Å². The monoisotopic (exact) mass is 373 g/mol. The van der Waals surface area contributed by atoms with E-state index in [0.717, 1.165) is 38.5 Å². The maximum Gasteiger partial charge on any atom is 0.373 e. The highest BCUT2D eigenvalue weighted by atomic mass is 32.1. The van der Waals surface area contributed by atoms with Crippen LogP contribution in [0.2, 0.25) is 0 Å². The Morgan fingerprint density at radius 2 is 1.96 bits per heavy atom. The molecule has 1 saturated heterocycles. The molecule has 136 valence electrons. The average Bonchev–Trinajstić information content (AvgIpc) is 3.24. The molecule has 3 aromatic rings. The first-order valence-corrected chi connectivity index (χ1v) is 9.35. The molecule has 0 spiro atoms. The second-order valence-corrected chi connectivity index (χ2v) is 6.93. The number of imidazole rings is 1. The average molecular weight is 373 g/mol. The van der Waals surface area contributed by atoms with Crippen LogP contribution in [0.1, 0.15) is 0 Å². The summed E-state index contributed by atoms with van der Waals surface area (Å²) in [6.45, 7) is 4.57. The number of para-hydroxylation sites is 1. The number of ether oxygens (including phenoxy) is 1. The summed E-state index contributed by atoms with van der Waals surface area (Å²) in [4.78, 5) is 20.6. The van der Waals surface area contributed by atoms with Gasteiger partial charge in [-0.3, -0.25) is 4.90 Å². The quantitative estimate of drug-likeness (QED) is 0.488. The van der Waals surface area contributed by atoms with Crippen molar-refractivity contribution in [1.82, 2.24) is 14.3 Å². The van der Waals surface area contributed by atoms with Gasteiger partial charge in [0.25, 0.3) is 4.96 Å². The summed E-state index contributed by atoms with van der Waals surface area (Å²) in [7, 11) is 0. The Morgan fingerprint density at radius 3 is 2.69 bits per heavy atom. The zero-order chi connectivity index (χ0) is 17.9. The topological polar surface area (TPSA) is 76.2 Å². The first-order valence-electron chi connectivity index (χ1n) is 8.47. The first kappa shape index (κ1) is 16.8. The van der Waals surface area contributed by atoms with Crippen LogP contribution >= 0.6 is 11.3 Å². The lowest BCUT2D eigenvalue weighted by Crippen LogP contribution is -2.47. The van der Waals surface area contributed by atoms with E-state index in [2.05, 4.69) is 9.88 Å². The Morgan fingerprint density at radius 1 is 1.19 bits per heavy atom. The fourth-order valence-electron chi connectivity index (χ4n) is 3.14. The minimum absolute atomic E-state index is 0.0575. The maximum absolute atomic E-state index is 11.5. The minimum atomic E-state index is -0.345. The van der Waals surface area contributed by atoms with E-state index < -0.39 is 0 Å². The third kappa shape index (κ3) is 3.35. The van der Waals surface area contributed by atoms with Gasteiger partial charge in [0.05, 0.1) is 0 Å². The smallest absolute Gasteiger partial charge is 0.373 e. The van der Waals surface area contributed by atoms with Crippen molar-refractivity contribution in [1.29, 1.82) is 0 Å². The zero-order valence-electron chi connectivity index (χ0n) is 14.2. The van der Waals surface area contributed by atoms with Gasteiger partial charge < -0.3 is 19.8 Å². The van der Waals surface area contributed by atoms with Crippen LogP contribution in [0.15, 0.2) is 41.9 Å². The van der Waals surface area contributed by atoms with Gasteiger partial charge in [-0.25, -0.2) is 0 Å². The number of rotatable bonds is 6. The first-order chi connectivity index (χ1) is 12.7. The van der Waals surface area contributed by atoms with E-state index >= 15 is 0 Å². The molecule has 0 amide bonds. The van der Waals surface area contributed by atoms with Crippen LogP contribution in [0.25, 0.3) is 4.96 Å². The summed E-state index contributed by atoms with van der Waals surface area (Å²) >= 11 is 1.41. The highest BCUT2D eigenvalue weighted by Crippen LogP contribution is 2.31. The van der Waals surface area contributed by atoms with Crippen LogP contribution in [-0.2, 0) is 0 Å². The minimum Gasteiger partial charge on any atom is -0.492 e. The summed E-state index contributed by atoms with van der Waals surface area (Å²) in [6.07, 6.45) is 1.70. The number of piperazine rings is 1. The highest BCUT2D eigenvalue weighted by Gasteiger charge is 2.29. The molecule has 0 unspecified atom stereocenters. The lowest BCUT2D eigenvalue weighted by molar-refractivity contribution is -0.389. The van der Waals surface area contributed by atoms with Gasteiger partial charge in [0, 0.05) is 38.1 Å². The molecule has 8 nitrogen and oxygen atoms in total. The second kappa shape index (κ2) is 7.30. The molecule has 3 heterocycles. The van der Waals surface area contributed by atoms with Crippen LogP contribution in [0.5, 0.6) is 5.75 Å². The summed E-state index contributed by atoms with van der Waals surface area (Å²) in [5, 5.41) is 13.3. The van der Waals surface area contributed by atoms with Gasteiger partial charge in [0.1, 0.15) is 18.6 Å². The van der Waals surface area contributed by atoms with Crippen molar-refractivity contribution in [2.24, 2.45) is 0 Å². The van der Waals surface area contributed by atoms with Crippen molar-refractivity contribution in [3.63, 3.8) is 0 Å². The normalized spacial score (nSPS) is 15.5. The van der Waals surface area contributed by atoms with Crippen LogP contribution in [0, 0.1) is 10.1 Å². The van der Waals surface area contributed by atoms with E-state index in [9.17, 15) is 10.1 Å². The highest BCUT2D eigenvalue weighted by molar-refractivity contribution is 7.15. The zero-order valence-corrected chi connectivity index (χ0v) is 15.0. The molecular weight excluding hydrogens is 354 g/mol. The molecule has 4 rings (SSSR count). The largest absolute Gasteiger partial charge is 0.492 e. The maximum atomic E-state index is 11.5. The predicted molar refractivity (Wildman–Crippen MR) is 100 cm³/mol. The van der Waals surface area contributed by atoms with Crippen molar-refractivity contribution in [3.05, 3.63) is 52.0 Å². The number of nitro groups is 1. The molecule has 1 aliphatic rings. The van der Waals surface area contributed by atoms with Gasteiger partial charge in [-0.2, -0.15) is 9.38 Å². The number of nitrogens with zero attached hydrogens (tertiary/aromatic N) is 5. The number of hydrogen-bond acceptors (Lipinski definition) is 7. The van der Waals surface area contributed by atoms with Crippen LogP contribution < -0.4 is 9.64 Å². The fourth-order valence-corrected chi connectivity index (χ4v) is 3.84. The number of anilines is 1. The number of benzene rings is 1. The molecule has 26 heavy (non-hydrogen) atoms. The lowest BCUT2D eigenvalue weighted by atomic mass is 10.3. The molecule has 0 radical (unpaired) electrons. The van der Waals surface area contributed by atoms with Crippen molar-refractivity contribution in [2.45, 2.75) is 0 Å². The van der Waals surface area contributed by atoms with E-state index in [1.165, 1.54) is 11.3 Å².